The summed E-state index contributed by atoms with van der Waals surface area (Å²) in [4.78, 5) is 0. The summed E-state index contributed by atoms with van der Waals surface area (Å²) in [5, 5.41) is 15.1. The van der Waals surface area contributed by atoms with E-state index >= 15 is 0 Å². The summed E-state index contributed by atoms with van der Waals surface area (Å²) in [6, 6.07) is 16.6. The number of nitrogens with one attached hydrogen (secondary N) is 2. The van der Waals surface area contributed by atoms with Crippen molar-refractivity contribution in [3.05, 3.63) is 90.1 Å². The van der Waals surface area contributed by atoms with Crippen LogP contribution in [0.15, 0.2) is 73.2 Å². The maximum atomic E-state index is 13.2. The Morgan fingerprint density at radius 1 is 1.11 bits per heavy atom. The lowest BCUT2D eigenvalue weighted by atomic mass is 10.0. The number of aromatic amines is 1. The molecule has 2 heterocycles. The fourth-order valence-electron chi connectivity index (χ4n) is 3.16. The van der Waals surface area contributed by atoms with Gasteiger partial charge in [-0.2, -0.15) is 10.2 Å². The van der Waals surface area contributed by atoms with E-state index in [4.69, 9.17) is 0 Å². The van der Waals surface area contributed by atoms with Crippen molar-refractivity contribution in [3.8, 4) is 16.9 Å². The second-order valence-electron chi connectivity index (χ2n) is 6.39. The molecule has 0 radical (unpaired) electrons. The molecule has 0 amide bonds. The van der Waals surface area contributed by atoms with Crippen molar-refractivity contribution in [1.82, 2.24) is 25.3 Å². The van der Waals surface area contributed by atoms with E-state index in [1.165, 1.54) is 12.1 Å². The SMILES string of the molecule is C[C@@H](NCc1cn[nH]c1-c1ccc(F)cc1)c1ccccc1-n1cccn1. The number of benzene rings is 2. The maximum absolute atomic E-state index is 13.2. The predicted octanol–water partition coefficient (Wildman–Crippen LogP) is 4.25. The number of halogens is 1. The molecule has 0 saturated carbocycles. The van der Waals surface area contributed by atoms with Crippen LogP contribution in [0.2, 0.25) is 0 Å². The first-order chi connectivity index (χ1) is 13.2. The van der Waals surface area contributed by atoms with Gasteiger partial charge in [-0.3, -0.25) is 5.10 Å². The van der Waals surface area contributed by atoms with Crippen LogP contribution in [-0.4, -0.2) is 20.0 Å². The van der Waals surface area contributed by atoms with Gasteiger partial charge < -0.3 is 5.32 Å². The predicted molar refractivity (Wildman–Crippen MR) is 103 cm³/mol. The van der Waals surface area contributed by atoms with Crippen molar-refractivity contribution in [2.24, 2.45) is 0 Å². The molecule has 4 aromatic rings. The van der Waals surface area contributed by atoms with Gasteiger partial charge in [0.1, 0.15) is 5.82 Å². The molecular weight excluding hydrogens is 341 g/mol. The molecule has 0 unspecified atom stereocenters. The van der Waals surface area contributed by atoms with Crippen LogP contribution in [0.4, 0.5) is 4.39 Å². The lowest BCUT2D eigenvalue weighted by Crippen LogP contribution is -2.20. The Morgan fingerprint density at radius 2 is 1.93 bits per heavy atom. The van der Waals surface area contributed by atoms with Crippen molar-refractivity contribution >= 4 is 0 Å². The summed E-state index contributed by atoms with van der Waals surface area (Å²) >= 11 is 0. The summed E-state index contributed by atoms with van der Waals surface area (Å²) < 4.78 is 15.0. The quantitative estimate of drug-likeness (QED) is 0.540. The molecule has 0 aliphatic heterocycles. The van der Waals surface area contributed by atoms with Crippen LogP contribution in [0.1, 0.15) is 24.1 Å². The molecule has 2 aromatic carbocycles. The highest BCUT2D eigenvalue weighted by Crippen LogP contribution is 2.24. The van der Waals surface area contributed by atoms with Crippen molar-refractivity contribution in [2.75, 3.05) is 0 Å². The number of hydrogen-bond donors (Lipinski definition) is 2. The molecule has 0 fully saturated rings. The van der Waals surface area contributed by atoms with Gasteiger partial charge in [-0.15, -0.1) is 0 Å². The third kappa shape index (κ3) is 3.66. The smallest absolute Gasteiger partial charge is 0.123 e. The molecule has 2 aromatic heterocycles. The number of para-hydroxylation sites is 1. The largest absolute Gasteiger partial charge is 0.306 e. The fourth-order valence-corrected chi connectivity index (χ4v) is 3.16. The lowest BCUT2D eigenvalue weighted by molar-refractivity contribution is 0.571. The van der Waals surface area contributed by atoms with E-state index in [1.54, 1.807) is 24.5 Å². The number of H-pyrrole nitrogens is 1. The van der Waals surface area contributed by atoms with Gasteiger partial charge in [0.25, 0.3) is 0 Å². The summed E-state index contributed by atoms with van der Waals surface area (Å²) in [5.74, 6) is -0.248. The second-order valence-corrected chi connectivity index (χ2v) is 6.39. The Bertz CT molecular complexity index is 1010. The minimum absolute atomic E-state index is 0.112. The van der Waals surface area contributed by atoms with E-state index in [1.807, 2.05) is 29.1 Å². The molecule has 2 N–H and O–H groups in total. The normalized spacial score (nSPS) is 12.2. The van der Waals surface area contributed by atoms with Crippen molar-refractivity contribution in [1.29, 1.82) is 0 Å². The zero-order valence-corrected chi connectivity index (χ0v) is 14.9. The zero-order valence-electron chi connectivity index (χ0n) is 14.9. The van der Waals surface area contributed by atoms with Crippen molar-refractivity contribution in [3.63, 3.8) is 0 Å². The molecule has 0 saturated heterocycles. The first kappa shape index (κ1) is 17.2. The van der Waals surface area contributed by atoms with E-state index in [2.05, 4.69) is 39.7 Å². The summed E-state index contributed by atoms with van der Waals surface area (Å²) in [5.41, 5.74) is 5.05. The molecule has 0 aliphatic carbocycles. The first-order valence-electron chi connectivity index (χ1n) is 8.83. The van der Waals surface area contributed by atoms with Crippen LogP contribution >= 0.6 is 0 Å². The van der Waals surface area contributed by atoms with Crippen LogP contribution < -0.4 is 5.32 Å². The third-order valence-electron chi connectivity index (χ3n) is 4.60. The Kier molecular flexibility index (Phi) is 4.80. The molecule has 6 heteroatoms. The molecular formula is C21H20FN5. The Morgan fingerprint density at radius 3 is 2.70 bits per heavy atom. The maximum Gasteiger partial charge on any atom is 0.123 e. The number of nitrogens with zero attached hydrogens (tertiary/aromatic N) is 3. The van der Waals surface area contributed by atoms with Gasteiger partial charge in [0.2, 0.25) is 0 Å². The van der Waals surface area contributed by atoms with Gasteiger partial charge in [0, 0.05) is 36.1 Å². The zero-order chi connectivity index (χ0) is 18.6. The molecule has 27 heavy (non-hydrogen) atoms. The molecule has 0 spiro atoms. The topological polar surface area (TPSA) is 58.5 Å². The molecule has 4 rings (SSSR count). The van der Waals surface area contributed by atoms with Crippen LogP contribution in [0.3, 0.4) is 0 Å². The average Bonchev–Trinajstić information content (AvgIpc) is 3.39. The van der Waals surface area contributed by atoms with Crippen LogP contribution in [0.5, 0.6) is 0 Å². The molecule has 1 atom stereocenters. The summed E-state index contributed by atoms with van der Waals surface area (Å²) in [7, 11) is 0. The minimum atomic E-state index is -0.248. The first-order valence-corrected chi connectivity index (χ1v) is 8.83. The van der Waals surface area contributed by atoms with E-state index in [-0.39, 0.29) is 11.9 Å². The Hall–Kier alpha value is -3.25. The van der Waals surface area contributed by atoms with Gasteiger partial charge >= 0.3 is 0 Å². The number of rotatable bonds is 6. The van der Waals surface area contributed by atoms with Crippen LogP contribution in [0.25, 0.3) is 16.9 Å². The Labute approximate surface area is 156 Å². The molecule has 0 bridgehead atoms. The van der Waals surface area contributed by atoms with E-state index in [0.717, 1.165) is 28.1 Å². The van der Waals surface area contributed by atoms with Crippen molar-refractivity contribution < 1.29 is 4.39 Å². The lowest BCUT2D eigenvalue weighted by Gasteiger charge is -2.18. The third-order valence-corrected chi connectivity index (χ3v) is 4.60. The van der Waals surface area contributed by atoms with Gasteiger partial charge in [0.05, 0.1) is 17.6 Å². The van der Waals surface area contributed by atoms with Gasteiger partial charge in [0.15, 0.2) is 0 Å². The van der Waals surface area contributed by atoms with E-state index in [0.29, 0.717) is 6.54 Å². The molecule has 0 aliphatic rings. The highest BCUT2D eigenvalue weighted by atomic mass is 19.1. The monoisotopic (exact) mass is 361 g/mol. The van der Waals surface area contributed by atoms with Gasteiger partial charge in [-0.1, -0.05) is 18.2 Å². The highest BCUT2D eigenvalue weighted by molar-refractivity contribution is 5.62. The van der Waals surface area contributed by atoms with Crippen molar-refractivity contribution in [2.45, 2.75) is 19.5 Å². The van der Waals surface area contributed by atoms with Crippen LogP contribution in [0, 0.1) is 5.82 Å². The Balaban J connectivity index is 1.52. The minimum Gasteiger partial charge on any atom is -0.306 e. The average molecular weight is 361 g/mol. The second kappa shape index (κ2) is 7.55. The summed E-state index contributed by atoms with van der Waals surface area (Å²) in [6.45, 7) is 2.76. The standard InChI is InChI=1S/C21H20FN5/c1-15(19-5-2-3-6-20(19)27-12-4-11-25-27)23-13-17-14-24-26-21(17)16-7-9-18(22)10-8-16/h2-12,14-15,23H,13H2,1H3,(H,24,26)/t15-/m1/s1. The van der Waals surface area contributed by atoms with Gasteiger partial charge in [-0.05, 0) is 48.9 Å². The number of aromatic nitrogens is 4. The van der Waals surface area contributed by atoms with E-state index in [9.17, 15) is 4.39 Å². The molecule has 5 nitrogen and oxygen atoms in total. The molecule has 136 valence electrons. The number of hydrogen-bond acceptors (Lipinski definition) is 3. The van der Waals surface area contributed by atoms with Gasteiger partial charge in [-0.25, -0.2) is 9.07 Å². The van der Waals surface area contributed by atoms with E-state index < -0.39 is 0 Å². The summed E-state index contributed by atoms with van der Waals surface area (Å²) in [6.07, 6.45) is 5.52. The highest BCUT2D eigenvalue weighted by Gasteiger charge is 2.14. The fraction of sp³-hybridized carbons (Fsp3) is 0.143. The van der Waals surface area contributed by atoms with Crippen LogP contribution in [-0.2, 0) is 6.54 Å².